The Labute approximate surface area is 137 Å². The molecule has 0 aliphatic rings. The molecule has 0 atom stereocenters. The van der Waals surface area contributed by atoms with Crippen LogP contribution in [0.2, 0.25) is 0 Å². The largest absolute Gasteiger partial charge is 0.494 e. The highest BCUT2D eigenvalue weighted by atomic mass is 16.5. The monoisotopic (exact) mass is 324 g/mol. The molecule has 1 heterocycles. The third-order valence-electron chi connectivity index (χ3n) is 3.37. The second-order valence-electron chi connectivity index (χ2n) is 5.07. The Morgan fingerprint density at radius 3 is 2.67 bits per heavy atom. The average Bonchev–Trinajstić information content (AvgIpc) is 2.60. The molecule has 1 aromatic heterocycles. The second-order valence-corrected chi connectivity index (χ2v) is 5.07. The summed E-state index contributed by atoms with van der Waals surface area (Å²) < 4.78 is 6.39. The summed E-state index contributed by atoms with van der Waals surface area (Å²) in [4.78, 5) is 24.4. The summed E-state index contributed by atoms with van der Waals surface area (Å²) in [5.41, 5.74) is 0.776. The molecule has 0 fully saturated rings. The van der Waals surface area contributed by atoms with Gasteiger partial charge in [0, 0.05) is 5.69 Å². The van der Waals surface area contributed by atoms with E-state index < -0.39 is 0 Å². The molecule has 7 heteroatoms. The van der Waals surface area contributed by atoms with Crippen LogP contribution in [0.1, 0.15) is 6.92 Å². The summed E-state index contributed by atoms with van der Waals surface area (Å²) in [5, 5.41) is 10.9. The van der Waals surface area contributed by atoms with E-state index in [4.69, 9.17) is 4.74 Å². The lowest BCUT2D eigenvalue weighted by Crippen LogP contribution is -2.30. The Morgan fingerprint density at radius 2 is 1.92 bits per heavy atom. The first-order valence-corrected chi connectivity index (χ1v) is 7.52. The number of aromatic nitrogens is 3. The molecular weight excluding hydrogens is 308 g/mol. The number of fused-ring (bicyclic) bond motifs is 1. The van der Waals surface area contributed by atoms with Crippen molar-refractivity contribution in [3.8, 4) is 5.75 Å². The van der Waals surface area contributed by atoms with Gasteiger partial charge in [0.15, 0.2) is 0 Å². The summed E-state index contributed by atoms with van der Waals surface area (Å²) in [6.07, 6.45) is 0. The fraction of sp³-hybridized carbons (Fsp3) is 0.176. The molecule has 7 nitrogen and oxygen atoms in total. The van der Waals surface area contributed by atoms with Gasteiger partial charge in [-0.05, 0) is 43.3 Å². The first-order valence-electron chi connectivity index (χ1n) is 7.52. The van der Waals surface area contributed by atoms with Crippen LogP contribution in [0.5, 0.6) is 5.75 Å². The van der Waals surface area contributed by atoms with Crippen molar-refractivity contribution in [2.24, 2.45) is 0 Å². The Kier molecular flexibility index (Phi) is 4.51. The maximum Gasteiger partial charge on any atom is 0.278 e. The van der Waals surface area contributed by atoms with Gasteiger partial charge in [-0.3, -0.25) is 9.59 Å². The SMILES string of the molecule is CCOc1ccc(NC(=O)Cn2nnc3ccccc3c2=O)cc1. The van der Waals surface area contributed by atoms with Crippen molar-refractivity contribution in [1.29, 1.82) is 0 Å². The van der Waals surface area contributed by atoms with Crippen molar-refractivity contribution in [2.45, 2.75) is 13.5 Å². The van der Waals surface area contributed by atoms with E-state index in [0.29, 0.717) is 23.2 Å². The number of hydrogen-bond acceptors (Lipinski definition) is 5. The lowest BCUT2D eigenvalue weighted by molar-refractivity contribution is -0.117. The van der Waals surface area contributed by atoms with Crippen molar-refractivity contribution in [3.05, 3.63) is 58.9 Å². The molecule has 0 radical (unpaired) electrons. The number of anilines is 1. The molecule has 24 heavy (non-hydrogen) atoms. The van der Waals surface area contributed by atoms with E-state index in [1.54, 1.807) is 48.5 Å². The Bertz CT molecular complexity index is 919. The van der Waals surface area contributed by atoms with E-state index in [-0.39, 0.29) is 18.0 Å². The second kappa shape index (κ2) is 6.91. The number of carbonyl (C=O) groups is 1. The standard InChI is InChI=1S/C17H16N4O3/c1-2-24-13-9-7-12(8-10-13)18-16(22)11-21-17(23)14-5-3-4-6-15(14)19-20-21/h3-10H,2,11H2,1H3,(H,18,22). The molecule has 1 amide bonds. The zero-order chi connectivity index (χ0) is 16.9. The fourth-order valence-corrected chi connectivity index (χ4v) is 2.26. The van der Waals surface area contributed by atoms with Crippen molar-refractivity contribution >= 4 is 22.5 Å². The lowest BCUT2D eigenvalue weighted by Gasteiger charge is -2.08. The number of amides is 1. The highest BCUT2D eigenvalue weighted by Crippen LogP contribution is 2.15. The summed E-state index contributed by atoms with van der Waals surface area (Å²) in [6.45, 7) is 2.27. The Morgan fingerprint density at radius 1 is 1.17 bits per heavy atom. The van der Waals surface area contributed by atoms with Crippen molar-refractivity contribution in [2.75, 3.05) is 11.9 Å². The van der Waals surface area contributed by atoms with Crippen molar-refractivity contribution in [3.63, 3.8) is 0 Å². The summed E-state index contributed by atoms with van der Waals surface area (Å²) >= 11 is 0. The zero-order valence-corrected chi connectivity index (χ0v) is 13.1. The van der Waals surface area contributed by atoms with Gasteiger partial charge in [0.2, 0.25) is 5.91 Å². The highest BCUT2D eigenvalue weighted by Gasteiger charge is 2.09. The topological polar surface area (TPSA) is 86.1 Å². The minimum atomic E-state index is -0.356. The molecule has 3 aromatic rings. The Balaban J connectivity index is 1.73. The molecule has 0 aliphatic carbocycles. The van der Waals surface area contributed by atoms with Crippen LogP contribution in [0, 0.1) is 0 Å². The number of hydrogen-bond donors (Lipinski definition) is 1. The summed E-state index contributed by atoms with van der Waals surface area (Å²) in [5.74, 6) is 0.373. The number of nitrogens with one attached hydrogen (secondary N) is 1. The molecule has 1 N–H and O–H groups in total. The van der Waals surface area contributed by atoms with Crippen LogP contribution in [0.3, 0.4) is 0 Å². The van der Waals surface area contributed by atoms with E-state index in [1.807, 2.05) is 6.92 Å². The third kappa shape index (κ3) is 3.40. The first kappa shape index (κ1) is 15.7. The molecule has 0 aliphatic heterocycles. The smallest absolute Gasteiger partial charge is 0.278 e. The maximum atomic E-state index is 12.3. The molecule has 3 rings (SSSR count). The molecule has 0 saturated heterocycles. The molecule has 0 spiro atoms. The van der Waals surface area contributed by atoms with Gasteiger partial charge < -0.3 is 10.1 Å². The van der Waals surface area contributed by atoms with Crippen molar-refractivity contribution in [1.82, 2.24) is 15.0 Å². The number of carbonyl (C=O) groups excluding carboxylic acids is 1. The number of benzene rings is 2. The van der Waals surface area contributed by atoms with E-state index in [0.717, 1.165) is 10.4 Å². The molecular formula is C17H16N4O3. The van der Waals surface area contributed by atoms with Crippen LogP contribution in [-0.2, 0) is 11.3 Å². The first-order chi connectivity index (χ1) is 11.7. The van der Waals surface area contributed by atoms with Crippen LogP contribution in [0.15, 0.2) is 53.3 Å². The molecule has 2 aromatic carbocycles. The van der Waals surface area contributed by atoms with Crippen LogP contribution in [0.25, 0.3) is 10.9 Å². The van der Waals surface area contributed by atoms with Gasteiger partial charge >= 0.3 is 0 Å². The van der Waals surface area contributed by atoms with E-state index >= 15 is 0 Å². The summed E-state index contributed by atoms with van der Waals surface area (Å²) in [6, 6.07) is 13.9. The van der Waals surface area contributed by atoms with Crippen LogP contribution >= 0.6 is 0 Å². The van der Waals surface area contributed by atoms with Gasteiger partial charge in [0.1, 0.15) is 17.8 Å². The molecule has 0 saturated carbocycles. The van der Waals surface area contributed by atoms with Gasteiger partial charge in [0.25, 0.3) is 5.56 Å². The van der Waals surface area contributed by atoms with Gasteiger partial charge in [-0.15, -0.1) is 5.10 Å². The van der Waals surface area contributed by atoms with Crippen LogP contribution < -0.4 is 15.6 Å². The van der Waals surface area contributed by atoms with Crippen LogP contribution in [-0.4, -0.2) is 27.5 Å². The predicted molar refractivity (Wildman–Crippen MR) is 90.0 cm³/mol. The van der Waals surface area contributed by atoms with E-state index in [1.165, 1.54) is 0 Å². The lowest BCUT2D eigenvalue weighted by atomic mass is 10.2. The Hall–Kier alpha value is -3.22. The normalized spacial score (nSPS) is 10.5. The average molecular weight is 324 g/mol. The maximum absolute atomic E-state index is 12.3. The van der Waals surface area contributed by atoms with E-state index in [2.05, 4.69) is 15.6 Å². The zero-order valence-electron chi connectivity index (χ0n) is 13.1. The van der Waals surface area contributed by atoms with Crippen LogP contribution in [0.4, 0.5) is 5.69 Å². The minimum Gasteiger partial charge on any atom is -0.494 e. The van der Waals surface area contributed by atoms with Crippen molar-refractivity contribution < 1.29 is 9.53 Å². The molecule has 122 valence electrons. The van der Waals surface area contributed by atoms with Gasteiger partial charge in [0.05, 0.1) is 12.0 Å². The van der Waals surface area contributed by atoms with Gasteiger partial charge in [-0.2, -0.15) is 0 Å². The highest BCUT2D eigenvalue weighted by molar-refractivity contribution is 5.90. The number of nitrogens with zero attached hydrogens (tertiary/aromatic N) is 3. The minimum absolute atomic E-state index is 0.204. The molecule has 0 unspecified atom stereocenters. The predicted octanol–water partition coefficient (Wildman–Crippen LogP) is 1.83. The summed E-state index contributed by atoms with van der Waals surface area (Å²) in [7, 11) is 0. The quantitative estimate of drug-likeness (QED) is 0.774. The number of ether oxygens (including phenoxy) is 1. The third-order valence-corrected chi connectivity index (χ3v) is 3.37. The number of rotatable bonds is 5. The van der Waals surface area contributed by atoms with Gasteiger partial charge in [-0.25, -0.2) is 4.68 Å². The van der Waals surface area contributed by atoms with E-state index in [9.17, 15) is 9.59 Å². The van der Waals surface area contributed by atoms with Gasteiger partial charge in [-0.1, -0.05) is 17.3 Å². The fourth-order valence-electron chi connectivity index (χ4n) is 2.26. The molecule has 0 bridgehead atoms.